The molecule has 0 saturated carbocycles. The summed E-state index contributed by atoms with van der Waals surface area (Å²) >= 11 is 0. The van der Waals surface area contributed by atoms with E-state index >= 15 is 0 Å². The quantitative estimate of drug-likeness (QED) is 0.875. The van der Waals surface area contributed by atoms with E-state index in [0.29, 0.717) is 0 Å². The van der Waals surface area contributed by atoms with Crippen molar-refractivity contribution in [3.8, 4) is 0 Å². The number of aliphatic hydroxyl groups excluding tert-OH is 1. The standard InChI is InChI=1S/C20H22O/c21-20(19-11-9-15-6-3-7-17(15)13-19)18-10-8-14-4-1-2-5-16(14)12-18/h8-13,20-21H,1-7H2. The highest BCUT2D eigenvalue weighted by Crippen LogP contribution is 2.30. The maximum atomic E-state index is 10.7. The fourth-order valence-corrected chi connectivity index (χ4v) is 3.88. The van der Waals surface area contributed by atoms with Crippen molar-refractivity contribution >= 4 is 0 Å². The highest BCUT2D eigenvalue weighted by atomic mass is 16.3. The summed E-state index contributed by atoms with van der Waals surface area (Å²) in [5.41, 5.74) is 7.92. The van der Waals surface area contributed by atoms with Gasteiger partial charge in [0.15, 0.2) is 0 Å². The van der Waals surface area contributed by atoms with Crippen molar-refractivity contribution in [3.05, 3.63) is 69.8 Å². The maximum absolute atomic E-state index is 10.7. The Labute approximate surface area is 126 Å². The fourth-order valence-electron chi connectivity index (χ4n) is 3.88. The molecule has 1 atom stereocenters. The second-order valence-corrected chi connectivity index (χ2v) is 6.52. The van der Waals surface area contributed by atoms with E-state index < -0.39 is 6.10 Å². The van der Waals surface area contributed by atoms with Gasteiger partial charge in [-0.1, -0.05) is 36.4 Å². The van der Waals surface area contributed by atoms with Crippen LogP contribution in [0.5, 0.6) is 0 Å². The summed E-state index contributed by atoms with van der Waals surface area (Å²) in [6, 6.07) is 13.1. The highest BCUT2D eigenvalue weighted by Gasteiger charge is 2.17. The van der Waals surface area contributed by atoms with E-state index in [4.69, 9.17) is 0 Å². The average molecular weight is 278 g/mol. The first-order valence-electron chi connectivity index (χ1n) is 8.23. The van der Waals surface area contributed by atoms with Gasteiger partial charge in [0.05, 0.1) is 0 Å². The molecule has 2 aliphatic rings. The minimum absolute atomic E-state index is 0.483. The zero-order valence-electron chi connectivity index (χ0n) is 12.4. The Kier molecular flexibility index (Phi) is 3.31. The van der Waals surface area contributed by atoms with Gasteiger partial charge in [0.1, 0.15) is 6.10 Å². The van der Waals surface area contributed by atoms with E-state index in [2.05, 4.69) is 36.4 Å². The second-order valence-electron chi connectivity index (χ2n) is 6.52. The van der Waals surface area contributed by atoms with Crippen molar-refractivity contribution in [2.24, 2.45) is 0 Å². The van der Waals surface area contributed by atoms with Gasteiger partial charge in [0.2, 0.25) is 0 Å². The van der Waals surface area contributed by atoms with Crippen molar-refractivity contribution in [2.75, 3.05) is 0 Å². The molecular weight excluding hydrogens is 256 g/mol. The number of hydrogen-bond donors (Lipinski definition) is 1. The summed E-state index contributed by atoms with van der Waals surface area (Å²) in [6.07, 6.45) is 8.09. The fraction of sp³-hybridized carbons (Fsp3) is 0.400. The van der Waals surface area contributed by atoms with Gasteiger partial charge in [-0.05, 0) is 78.3 Å². The first kappa shape index (κ1) is 13.1. The lowest BCUT2D eigenvalue weighted by molar-refractivity contribution is 0.220. The molecule has 0 aliphatic heterocycles. The van der Waals surface area contributed by atoms with Crippen LogP contribution in [0.3, 0.4) is 0 Å². The highest BCUT2D eigenvalue weighted by molar-refractivity contribution is 5.41. The topological polar surface area (TPSA) is 20.2 Å². The van der Waals surface area contributed by atoms with Crippen molar-refractivity contribution in [1.29, 1.82) is 0 Å². The van der Waals surface area contributed by atoms with E-state index in [-0.39, 0.29) is 0 Å². The molecule has 4 rings (SSSR count). The molecule has 1 nitrogen and oxygen atoms in total. The summed E-state index contributed by atoms with van der Waals surface area (Å²) in [7, 11) is 0. The average Bonchev–Trinajstić information content (AvgIpc) is 3.01. The number of benzene rings is 2. The van der Waals surface area contributed by atoms with Gasteiger partial charge in [0.25, 0.3) is 0 Å². The minimum atomic E-state index is -0.483. The number of hydrogen-bond acceptors (Lipinski definition) is 1. The molecule has 2 aromatic rings. The van der Waals surface area contributed by atoms with E-state index in [1.807, 2.05) is 0 Å². The van der Waals surface area contributed by atoms with Crippen LogP contribution in [-0.4, -0.2) is 5.11 Å². The van der Waals surface area contributed by atoms with Crippen LogP contribution in [0.2, 0.25) is 0 Å². The minimum Gasteiger partial charge on any atom is -0.384 e. The van der Waals surface area contributed by atoms with Crippen molar-refractivity contribution in [1.82, 2.24) is 0 Å². The van der Waals surface area contributed by atoms with Crippen LogP contribution in [0.1, 0.15) is 58.7 Å². The van der Waals surface area contributed by atoms with Crippen molar-refractivity contribution < 1.29 is 5.11 Å². The largest absolute Gasteiger partial charge is 0.384 e. The molecule has 2 aromatic carbocycles. The van der Waals surface area contributed by atoms with E-state index in [1.165, 1.54) is 67.2 Å². The Morgan fingerprint density at radius 1 is 0.619 bits per heavy atom. The van der Waals surface area contributed by atoms with Gasteiger partial charge in [0, 0.05) is 0 Å². The van der Waals surface area contributed by atoms with Crippen LogP contribution >= 0.6 is 0 Å². The zero-order chi connectivity index (χ0) is 14.2. The Bertz CT molecular complexity index is 672. The van der Waals surface area contributed by atoms with Gasteiger partial charge < -0.3 is 5.11 Å². The molecule has 0 saturated heterocycles. The van der Waals surface area contributed by atoms with Gasteiger partial charge in [-0.25, -0.2) is 0 Å². The van der Waals surface area contributed by atoms with Crippen molar-refractivity contribution in [3.63, 3.8) is 0 Å². The van der Waals surface area contributed by atoms with E-state index in [1.54, 1.807) is 0 Å². The van der Waals surface area contributed by atoms with Gasteiger partial charge in [-0.3, -0.25) is 0 Å². The van der Waals surface area contributed by atoms with Gasteiger partial charge in [-0.2, -0.15) is 0 Å². The molecule has 0 bridgehead atoms. The first-order valence-corrected chi connectivity index (χ1v) is 8.23. The SMILES string of the molecule is OC(c1ccc2c(c1)CCCC2)c1ccc2c(c1)CCC2. The molecule has 1 unspecified atom stereocenters. The summed E-state index contributed by atoms with van der Waals surface area (Å²) in [4.78, 5) is 0. The molecule has 0 amide bonds. The summed E-state index contributed by atoms with van der Waals surface area (Å²) < 4.78 is 0. The van der Waals surface area contributed by atoms with Gasteiger partial charge in [-0.15, -0.1) is 0 Å². The lowest BCUT2D eigenvalue weighted by Crippen LogP contribution is -2.06. The predicted molar refractivity (Wildman–Crippen MR) is 85.6 cm³/mol. The molecule has 0 aromatic heterocycles. The number of aliphatic hydroxyl groups is 1. The number of fused-ring (bicyclic) bond motifs is 2. The molecule has 0 radical (unpaired) electrons. The third-order valence-electron chi connectivity index (χ3n) is 5.13. The van der Waals surface area contributed by atoms with Crippen LogP contribution in [0.4, 0.5) is 0 Å². The molecule has 0 heterocycles. The van der Waals surface area contributed by atoms with Crippen LogP contribution in [0, 0.1) is 0 Å². The lowest BCUT2D eigenvalue weighted by Gasteiger charge is -2.19. The van der Waals surface area contributed by atoms with Crippen LogP contribution in [-0.2, 0) is 25.7 Å². The lowest BCUT2D eigenvalue weighted by atomic mass is 9.88. The number of aryl methyl sites for hydroxylation is 4. The third-order valence-corrected chi connectivity index (χ3v) is 5.13. The Balaban J connectivity index is 1.66. The summed E-state index contributed by atoms with van der Waals surface area (Å²) in [5, 5.41) is 10.7. The maximum Gasteiger partial charge on any atom is 0.104 e. The molecule has 1 N–H and O–H groups in total. The molecule has 2 aliphatic carbocycles. The summed E-state index contributed by atoms with van der Waals surface area (Å²) in [5.74, 6) is 0. The smallest absolute Gasteiger partial charge is 0.104 e. The summed E-state index contributed by atoms with van der Waals surface area (Å²) in [6.45, 7) is 0. The molecule has 0 spiro atoms. The predicted octanol–water partition coefficient (Wildman–Crippen LogP) is 4.14. The second kappa shape index (κ2) is 5.31. The first-order chi connectivity index (χ1) is 10.3. The molecule has 1 heteroatoms. The Morgan fingerprint density at radius 2 is 1.10 bits per heavy atom. The molecule has 108 valence electrons. The normalized spacial score (nSPS) is 18.1. The van der Waals surface area contributed by atoms with Crippen LogP contribution in [0.25, 0.3) is 0 Å². The van der Waals surface area contributed by atoms with Gasteiger partial charge >= 0.3 is 0 Å². The molecule has 0 fully saturated rings. The zero-order valence-corrected chi connectivity index (χ0v) is 12.4. The van der Waals surface area contributed by atoms with Crippen LogP contribution in [0.15, 0.2) is 36.4 Å². The van der Waals surface area contributed by atoms with E-state index in [0.717, 1.165) is 11.1 Å². The third kappa shape index (κ3) is 2.40. The molecule has 21 heavy (non-hydrogen) atoms. The Morgan fingerprint density at radius 3 is 1.71 bits per heavy atom. The number of rotatable bonds is 2. The Hall–Kier alpha value is -1.60. The van der Waals surface area contributed by atoms with Crippen molar-refractivity contribution in [2.45, 2.75) is 51.0 Å². The molecular formula is C20H22O. The van der Waals surface area contributed by atoms with E-state index in [9.17, 15) is 5.11 Å². The van der Waals surface area contributed by atoms with Crippen LogP contribution < -0.4 is 0 Å². The monoisotopic (exact) mass is 278 g/mol.